The second kappa shape index (κ2) is 8.06. The van der Waals surface area contributed by atoms with Gasteiger partial charge in [0.25, 0.3) is 0 Å². The number of carbonyl (C=O) groups is 4. The van der Waals surface area contributed by atoms with Gasteiger partial charge in [-0.1, -0.05) is 54.6 Å². The first-order valence-corrected chi connectivity index (χ1v) is 12.1. The maximum absolute atomic E-state index is 14.3. The molecule has 1 amide bonds. The molecule has 184 valence electrons. The van der Waals surface area contributed by atoms with E-state index in [0.29, 0.717) is 33.6 Å². The Morgan fingerprint density at radius 3 is 2.14 bits per heavy atom. The number of ketones is 3. The van der Waals surface area contributed by atoms with Crippen LogP contribution in [0.5, 0.6) is 0 Å². The van der Waals surface area contributed by atoms with Crippen LogP contribution >= 0.6 is 0 Å². The molecule has 37 heavy (non-hydrogen) atoms. The first-order valence-electron chi connectivity index (χ1n) is 12.1. The summed E-state index contributed by atoms with van der Waals surface area (Å²) in [5.41, 5.74) is 1.47. The highest BCUT2D eigenvalue weighted by Gasteiger charge is 2.71. The van der Waals surface area contributed by atoms with Gasteiger partial charge in [0, 0.05) is 35.2 Å². The van der Waals surface area contributed by atoms with E-state index >= 15 is 0 Å². The molecule has 7 heteroatoms. The maximum Gasteiger partial charge on any atom is 0.221 e. The highest BCUT2D eigenvalue weighted by molar-refractivity contribution is 6.32. The molecule has 3 aromatic carbocycles. The minimum atomic E-state index is -1.62. The van der Waals surface area contributed by atoms with Crippen molar-refractivity contribution in [1.29, 1.82) is 0 Å². The first kappa shape index (κ1) is 23.0. The molecular weight excluding hydrogens is 471 g/mol. The lowest BCUT2D eigenvalue weighted by Gasteiger charge is -2.37. The summed E-state index contributed by atoms with van der Waals surface area (Å²) >= 11 is 0. The SMILES string of the molecule is CC(=O)Nc1cccc2c1C=C[C@H]1N2[C@@H](C(C)=O)[C@H](c2ccc(F)cc2)C12C(=O)c1ccccc1C2=O. The lowest BCUT2D eigenvalue weighted by molar-refractivity contribution is -0.118. The van der Waals surface area contributed by atoms with Crippen LogP contribution < -0.4 is 10.2 Å². The minimum Gasteiger partial charge on any atom is -0.352 e. The van der Waals surface area contributed by atoms with Gasteiger partial charge in [0.15, 0.2) is 17.3 Å². The van der Waals surface area contributed by atoms with Crippen molar-refractivity contribution in [3.05, 3.63) is 101 Å². The van der Waals surface area contributed by atoms with Crippen LogP contribution in [-0.2, 0) is 9.59 Å². The van der Waals surface area contributed by atoms with Crippen molar-refractivity contribution in [3.63, 3.8) is 0 Å². The Bertz CT molecular complexity index is 1510. The molecule has 0 unspecified atom stereocenters. The number of hydrogen-bond donors (Lipinski definition) is 1. The van der Waals surface area contributed by atoms with Crippen molar-refractivity contribution in [1.82, 2.24) is 0 Å². The Balaban J connectivity index is 1.65. The fourth-order valence-corrected chi connectivity index (χ4v) is 6.49. The van der Waals surface area contributed by atoms with E-state index < -0.39 is 29.2 Å². The number of carbonyl (C=O) groups excluding carboxylic acids is 4. The number of hydrogen-bond acceptors (Lipinski definition) is 5. The smallest absolute Gasteiger partial charge is 0.221 e. The van der Waals surface area contributed by atoms with Gasteiger partial charge < -0.3 is 10.2 Å². The monoisotopic (exact) mass is 494 g/mol. The number of nitrogens with one attached hydrogen (secondary N) is 1. The maximum atomic E-state index is 14.3. The summed E-state index contributed by atoms with van der Waals surface area (Å²) in [6.07, 6.45) is 3.59. The zero-order valence-corrected chi connectivity index (χ0v) is 20.2. The number of amides is 1. The summed E-state index contributed by atoms with van der Waals surface area (Å²) in [5, 5.41) is 2.82. The average molecular weight is 495 g/mol. The number of Topliss-reactive ketones (excluding diaryl/α,β-unsaturated/α-hetero) is 3. The molecule has 3 aliphatic rings. The minimum absolute atomic E-state index is 0.223. The van der Waals surface area contributed by atoms with Crippen LogP contribution in [0.1, 0.15) is 51.6 Å². The second-order valence-corrected chi connectivity index (χ2v) is 9.79. The summed E-state index contributed by atoms with van der Waals surface area (Å²) in [6.45, 7) is 2.86. The van der Waals surface area contributed by atoms with Gasteiger partial charge in [0.1, 0.15) is 11.2 Å². The molecule has 3 aromatic rings. The zero-order chi connectivity index (χ0) is 26.1. The lowest BCUT2D eigenvalue weighted by atomic mass is 9.64. The average Bonchev–Trinajstić information content (AvgIpc) is 3.31. The fourth-order valence-electron chi connectivity index (χ4n) is 6.49. The van der Waals surface area contributed by atoms with E-state index in [1.807, 2.05) is 11.0 Å². The Morgan fingerprint density at radius 1 is 0.892 bits per heavy atom. The van der Waals surface area contributed by atoms with Gasteiger partial charge in [-0.25, -0.2) is 4.39 Å². The molecule has 1 spiro atoms. The molecule has 6 nitrogen and oxygen atoms in total. The molecule has 1 N–H and O–H groups in total. The van der Waals surface area contributed by atoms with Crippen molar-refractivity contribution >= 4 is 40.7 Å². The van der Waals surface area contributed by atoms with Crippen LogP contribution in [0.4, 0.5) is 15.8 Å². The molecule has 0 radical (unpaired) electrons. The van der Waals surface area contributed by atoms with Crippen molar-refractivity contribution in [2.75, 3.05) is 10.2 Å². The number of halogens is 1. The number of anilines is 2. The summed E-state index contributed by atoms with van der Waals surface area (Å²) < 4.78 is 14.0. The number of fused-ring (bicyclic) bond motifs is 5. The van der Waals surface area contributed by atoms with Gasteiger partial charge in [-0.2, -0.15) is 0 Å². The number of benzene rings is 3. The molecule has 2 heterocycles. The predicted octanol–water partition coefficient (Wildman–Crippen LogP) is 4.81. The Morgan fingerprint density at radius 2 is 1.54 bits per heavy atom. The second-order valence-electron chi connectivity index (χ2n) is 9.79. The molecule has 0 saturated carbocycles. The van der Waals surface area contributed by atoms with E-state index in [9.17, 15) is 23.6 Å². The largest absolute Gasteiger partial charge is 0.352 e. The third-order valence-electron chi connectivity index (χ3n) is 7.80. The van der Waals surface area contributed by atoms with Gasteiger partial charge in [-0.3, -0.25) is 19.2 Å². The quantitative estimate of drug-likeness (QED) is 0.529. The molecule has 6 rings (SSSR count). The summed E-state index contributed by atoms with van der Waals surface area (Å²) in [6, 6.07) is 16.1. The molecule has 0 aromatic heterocycles. The highest BCUT2D eigenvalue weighted by atomic mass is 19.1. The van der Waals surface area contributed by atoms with E-state index in [4.69, 9.17) is 0 Å². The summed E-state index contributed by atoms with van der Waals surface area (Å²) in [7, 11) is 0. The van der Waals surface area contributed by atoms with Crippen LogP contribution in [0.2, 0.25) is 0 Å². The van der Waals surface area contributed by atoms with Crippen molar-refractivity contribution < 1.29 is 23.6 Å². The first-order chi connectivity index (χ1) is 17.8. The highest BCUT2D eigenvalue weighted by Crippen LogP contribution is 2.61. The van der Waals surface area contributed by atoms with Gasteiger partial charge in [-0.15, -0.1) is 0 Å². The Labute approximate surface area is 212 Å². The van der Waals surface area contributed by atoms with Crippen molar-refractivity contribution in [3.8, 4) is 0 Å². The molecular formula is C30H23FN2O4. The Kier molecular flexibility index (Phi) is 5.02. The molecule has 3 atom stereocenters. The van der Waals surface area contributed by atoms with Crippen LogP contribution in [0.25, 0.3) is 6.08 Å². The van der Waals surface area contributed by atoms with Gasteiger partial charge in [0.05, 0.1) is 17.8 Å². The number of nitrogens with zero attached hydrogens (tertiary/aromatic N) is 1. The van der Waals surface area contributed by atoms with Crippen molar-refractivity contribution in [2.45, 2.75) is 31.8 Å². The summed E-state index contributed by atoms with van der Waals surface area (Å²) in [4.78, 5) is 55.7. The van der Waals surface area contributed by atoms with E-state index in [-0.39, 0.29) is 23.3 Å². The van der Waals surface area contributed by atoms with Gasteiger partial charge in [-0.05, 0) is 36.8 Å². The molecule has 0 bridgehead atoms. The Hall–Kier alpha value is -4.39. The lowest BCUT2D eigenvalue weighted by Crippen LogP contribution is -2.48. The predicted molar refractivity (Wildman–Crippen MR) is 137 cm³/mol. The number of rotatable bonds is 3. The standard InChI is InChI=1S/C30H23FN2O4/c1-16(34)27-26(18-10-12-19(31)13-11-18)30(28(36)20-6-3-4-7-21(20)29(30)37)25-15-14-22-23(32-17(2)35)8-5-9-24(22)33(25)27/h3-15,25-27H,1-2H3,(H,32,35)/t25-,26+,27+/m1/s1. The summed E-state index contributed by atoms with van der Waals surface area (Å²) in [5.74, 6) is -2.46. The van der Waals surface area contributed by atoms with Gasteiger partial charge in [0.2, 0.25) is 5.91 Å². The molecule has 1 fully saturated rings. The zero-order valence-electron chi connectivity index (χ0n) is 20.2. The van der Waals surface area contributed by atoms with E-state index in [1.165, 1.54) is 26.0 Å². The van der Waals surface area contributed by atoms with Crippen LogP contribution in [0.3, 0.4) is 0 Å². The third kappa shape index (κ3) is 3.03. The van der Waals surface area contributed by atoms with E-state index in [0.717, 1.165) is 0 Å². The molecule has 1 saturated heterocycles. The fraction of sp³-hybridized carbons (Fsp3) is 0.200. The van der Waals surface area contributed by atoms with E-state index in [1.54, 1.807) is 60.7 Å². The molecule has 1 aliphatic carbocycles. The van der Waals surface area contributed by atoms with Crippen molar-refractivity contribution in [2.24, 2.45) is 5.41 Å². The van der Waals surface area contributed by atoms with E-state index in [2.05, 4.69) is 5.32 Å². The molecule has 2 aliphatic heterocycles. The van der Waals surface area contributed by atoms with Crippen LogP contribution in [0, 0.1) is 11.2 Å². The normalized spacial score (nSPS) is 22.6. The van der Waals surface area contributed by atoms with Crippen LogP contribution in [-0.4, -0.2) is 35.3 Å². The van der Waals surface area contributed by atoms with Crippen LogP contribution in [0.15, 0.2) is 72.8 Å². The van der Waals surface area contributed by atoms with Gasteiger partial charge >= 0.3 is 0 Å². The topological polar surface area (TPSA) is 83.6 Å². The third-order valence-corrected chi connectivity index (χ3v) is 7.80.